The lowest BCUT2D eigenvalue weighted by Gasteiger charge is -2.38. The van der Waals surface area contributed by atoms with Crippen LogP contribution in [0.15, 0.2) is 30.3 Å². The van der Waals surface area contributed by atoms with Crippen molar-refractivity contribution in [1.82, 2.24) is 10.2 Å². The van der Waals surface area contributed by atoms with Crippen LogP contribution in [-0.4, -0.2) is 61.4 Å². The number of esters is 1. The number of hydrogen-bond acceptors (Lipinski definition) is 5. The summed E-state index contributed by atoms with van der Waals surface area (Å²) in [6.07, 6.45) is 3.47. The Morgan fingerprint density at radius 3 is 2.50 bits per heavy atom. The Morgan fingerprint density at radius 1 is 1.25 bits per heavy atom. The largest absolute Gasteiger partial charge is 0.463 e. The van der Waals surface area contributed by atoms with Gasteiger partial charge in [-0.15, -0.1) is 0 Å². The quantitative estimate of drug-likeness (QED) is 0.554. The third-order valence-electron chi connectivity index (χ3n) is 4.50. The van der Waals surface area contributed by atoms with E-state index in [1.165, 1.54) is 6.08 Å². The number of hydrogen-bond donors (Lipinski definition) is 2. The van der Waals surface area contributed by atoms with E-state index in [4.69, 9.17) is 9.47 Å². The van der Waals surface area contributed by atoms with Crippen LogP contribution in [0, 0.1) is 0 Å². The minimum atomic E-state index is -0.373. The van der Waals surface area contributed by atoms with Crippen LogP contribution in [0.25, 0.3) is 6.08 Å². The molecule has 0 aromatic heterocycles. The lowest BCUT2D eigenvalue weighted by atomic mass is 10.2. The summed E-state index contributed by atoms with van der Waals surface area (Å²) in [7, 11) is 0. The molecule has 2 N–H and O–H groups in total. The standard InChI is InChI=1S/C21H31N3O4/c1-5-27-20(25)11-8-18-6-9-19(10-7-18)23-21(26)22-12-15(2)24-13-16(3)28-17(4)14-24/h6-11,15-17H,5,12-14H2,1-4H3,(H2,22,23,26)/b11-8+/t15-,16-,17+/m0/s1. The van der Waals surface area contributed by atoms with Crippen molar-refractivity contribution in [3.8, 4) is 0 Å². The number of morpholine rings is 1. The number of ether oxygens (including phenoxy) is 2. The van der Waals surface area contributed by atoms with Gasteiger partial charge in [0.05, 0.1) is 18.8 Å². The molecule has 1 fully saturated rings. The van der Waals surface area contributed by atoms with E-state index in [1.807, 2.05) is 12.1 Å². The van der Waals surface area contributed by atoms with Crippen LogP contribution < -0.4 is 10.6 Å². The molecule has 0 aliphatic carbocycles. The van der Waals surface area contributed by atoms with Gasteiger partial charge in [-0.25, -0.2) is 9.59 Å². The molecule has 0 radical (unpaired) electrons. The first-order chi connectivity index (χ1) is 13.4. The van der Waals surface area contributed by atoms with Crippen molar-refractivity contribution >= 4 is 23.8 Å². The molecule has 1 aromatic rings. The fourth-order valence-electron chi connectivity index (χ4n) is 3.15. The van der Waals surface area contributed by atoms with Crippen LogP contribution in [0.4, 0.5) is 10.5 Å². The molecule has 1 aliphatic heterocycles. The number of benzene rings is 1. The number of carbonyl (C=O) groups is 2. The molecule has 0 spiro atoms. The fourth-order valence-corrected chi connectivity index (χ4v) is 3.15. The number of nitrogens with one attached hydrogen (secondary N) is 2. The van der Waals surface area contributed by atoms with Crippen LogP contribution in [0.5, 0.6) is 0 Å². The highest BCUT2D eigenvalue weighted by Crippen LogP contribution is 2.14. The third-order valence-corrected chi connectivity index (χ3v) is 4.50. The predicted octanol–water partition coefficient (Wildman–Crippen LogP) is 2.88. The van der Waals surface area contributed by atoms with Crippen LogP contribution in [0.3, 0.4) is 0 Å². The lowest BCUT2D eigenvalue weighted by Crippen LogP contribution is -2.52. The van der Waals surface area contributed by atoms with Gasteiger partial charge in [0.2, 0.25) is 0 Å². The van der Waals surface area contributed by atoms with Crippen molar-refractivity contribution in [3.05, 3.63) is 35.9 Å². The maximum absolute atomic E-state index is 12.2. The van der Waals surface area contributed by atoms with E-state index in [-0.39, 0.29) is 30.3 Å². The highest BCUT2D eigenvalue weighted by atomic mass is 16.5. The summed E-state index contributed by atoms with van der Waals surface area (Å²) in [6, 6.07) is 7.22. The molecule has 1 aromatic carbocycles. The number of urea groups is 1. The molecule has 28 heavy (non-hydrogen) atoms. The molecule has 0 bridgehead atoms. The van der Waals surface area contributed by atoms with Crippen molar-refractivity contribution in [2.45, 2.75) is 45.9 Å². The summed E-state index contributed by atoms with van der Waals surface area (Å²) in [6.45, 7) is 10.7. The summed E-state index contributed by atoms with van der Waals surface area (Å²) in [5.74, 6) is -0.373. The zero-order valence-electron chi connectivity index (χ0n) is 17.1. The van der Waals surface area contributed by atoms with Crippen molar-refractivity contribution in [2.75, 3.05) is 31.6 Å². The normalized spacial score (nSPS) is 21.3. The highest BCUT2D eigenvalue weighted by Gasteiger charge is 2.25. The smallest absolute Gasteiger partial charge is 0.330 e. The van der Waals surface area contributed by atoms with Crippen molar-refractivity contribution in [2.24, 2.45) is 0 Å². The molecule has 2 rings (SSSR count). The Hall–Kier alpha value is -2.38. The van der Waals surface area contributed by atoms with E-state index < -0.39 is 0 Å². The van der Waals surface area contributed by atoms with Crippen molar-refractivity contribution in [3.63, 3.8) is 0 Å². The summed E-state index contributed by atoms with van der Waals surface area (Å²) in [5.41, 5.74) is 1.54. The Labute approximate surface area is 167 Å². The first-order valence-electron chi connectivity index (χ1n) is 9.76. The third kappa shape index (κ3) is 7.32. The van der Waals surface area contributed by atoms with Gasteiger partial charge < -0.3 is 20.1 Å². The first kappa shape index (κ1) is 21.9. The Morgan fingerprint density at radius 2 is 1.89 bits per heavy atom. The summed E-state index contributed by atoms with van der Waals surface area (Å²) < 4.78 is 10.6. The minimum absolute atomic E-state index is 0.205. The highest BCUT2D eigenvalue weighted by molar-refractivity contribution is 5.90. The molecular formula is C21H31N3O4. The van der Waals surface area contributed by atoms with Gasteiger partial charge >= 0.3 is 12.0 Å². The van der Waals surface area contributed by atoms with Crippen molar-refractivity contribution < 1.29 is 19.1 Å². The Kier molecular flexibility index (Phi) is 8.47. The second-order valence-electron chi connectivity index (χ2n) is 7.10. The van der Waals surface area contributed by atoms with Gasteiger partial charge in [-0.1, -0.05) is 12.1 Å². The average Bonchev–Trinajstić information content (AvgIpc) is 2.65. The topological polar surface area (TPSA) is 79.9 Å². The van der Waals surface area contributed by atoms with Gasteiger partial charge in [0.15, 0.2) is 0 Å². The van der Waals surface area contributed by atoms with Gasteiger partial charge in [0.25, 0.3) is 0 Å². The predicted molar refractivity (Wildman–Crippen MR) is 110 cm³/mol. The zero-order valence-corrected chi connectivity index (χ0v) is 17.1. The van der Waals surface area contributed by atoms with E-state index in [9.17, 15) is 9.59 Å². The van der Waals surface area contributed by atoms with E-state index in [2.05, 4.69) is 36.3 Å². The lowest BCUT2D eigenvalue weighted by molar-refractivity contribution is -0.137. The minimum Gasteiger partial charge on any atom is -0.463 e. The molecule has 7 nitrogen and oxygen atoms in total. The molecule has 1 aliphatic rings. The number of rotatable bonds is 7. The summed E-state index contributed by atoms with van der Waals surface area (Å²) >= 11 is 0. The summed E-state index contributed by atoms with van der Waals surface area (Å²) in [4.78, 5) is 25.8. The van der Waals surface area contributed by atoms with Crippen LogP contribution >= 0.6 is 0 Å². The number of carbonyl (C=O) groups excluding carboxylic acids is 2. The average molecular weight is 389 g/mol. The molecule has 0 unspecified atom stereocenters. The molecule has 2 amide bonds. The van der Waals surface area contributed by atoms with E-state index in [0.717, 1.165) is 18.7 Å². The molecule has 154 valence electrons. The van der Waals surface area contributed by atoms with E-state index in [0.29, 0.717) is 18.8 Å². The van der Waals surface area contributed by atoms with Crippen LogP contribution in [0.2, 0.25) is 0 Å². The van der Waals surface area contributed by atoms with Crippen LogP contribution in [-0.2, 0) is 14.3 Å². The Bertz CT molecular complexity index is 665. The van der Waals surface area contributed by atoms with E-state index in [1.54, 1.807) is 25.1 Å². The molecular weight excluding hydrogens is 358 g/mol. The molecule has 0 saturated carbocycles. The second-order valence-corrected chi connectivity index (χ2v) is 7.10. The van der Waals surface area contributed by atoms with Gasteiger partial charge in [-0.3, -0.25) is 4.90 Å². The fraction of sp³-hybridized carbons (Fsp3) is 0.524. The molecule has 1 heterocycles. The molecule has 7 heteroatoms. The number of nitrogens with zero attached hydrogens (tertiary/aromatic N) is 1. The maximum atomic E-state index is 12.2. The Balaban J connectivity index is 1.77. The molecule has 1 saturated heterocycles. The van der Waals surface area contributed by atoms with E-state index >= 15 is 0 Å². The monoisotopic (exact) mass is 389 g/mol. The number of amides is 2. The van der Waals surface area contributed by atoms with Crippen molar-refractivity contribution in [1.29, 1.82) is 0 Å². The summed E-state index contributed by atoms with van der Waals surface area (Å²) in [5, 5.41) is 5.74. The zero-order chi connectivity index (χ0) is 20.5. The first-order valence-corrected chi connectivity index (χ1v) is 9.76. The van der Waals surface area contributed by atoms with Gasteiger partial charge in [0.1, 0.15) is 0 Å². The maximum Gasteiger partial charge on any atom is 0.330 e. The van der Waals surface area contributed by atoms with Gasteiger partial charge in [0, 0.05) is 37.4 Å². The van der Waals surface area contributed by atoms with Crippen LogP contribution in [0.1, 0.15) is 33.3 Å². The second kappa shape index (κ2) is 10.8. The SMILES string of the molecule is CCOC(=O)/C=C/c1ccc(NC(=O)NC[C@H](C)N2C[C@@H](C)O[C@@H](C)C2)cc1. The van der Waals surface area contributed by atoms with Gasteiger partial charge in [-0.05, 0) is 51.5 Å². The molecule has 3 atom stereocenters. The number of anilines is 1. The van der Waals surface area contributed by atoms with Gasteiger partial charge in [-0.2, -0.15) is 0 Å².